The van der Waals surface area contributed by atoms with E-state index in [1.54, 1.807) is 0 Å². The van der Waals surface area contributed by atoms with Gasteiger partial charge in [0.15, 0.2) is 28.9 Å². The van der Waals surface area contributed by atoms with E-state index in [1.807, 2.05) is 0 Å². The van der Waals surface area contributed by atoms with E-state index in [0.29, 0.717) is 0 Å². The largest absolute Gasteiger partial charge is 0.494 e. The molecule has 4 N–H and O–H groups in total. The standard InChI is InChI=1S/C15H17N3O6/c1-15(2,12(19)8-17-13(20)5-6-14(17)21)24-11-4-3-9(16)7-10(11)18(22)23/h3-7,20-21H,8,16H2,1-2H3. The molecule has 0 fully saturated rings. The van der Waals surface area contributed by atoms with Crippen LogP contribution in [0.25, 0.3) is 0 Å². The first-order valence-corrected chi connectivity index (χ1v) is 6.95. The topological polar surface area (TPSA) is 141 Å². The molecular weight excluding hydrogens is 318 g/mol. The predicted molar refractivity (Wildman–Crippen MR) is 85.0 cm³/mol. The van der Waals surface area contributed by atoms with Crippen LogP contribution in [0.5, 0.6) is 17.5 Å². The molecule has 0 saturated carbocycles. The van der Waals surface area contributed by atoms with Crippen molar-refractivity contribution in [2.45, 2.75) is 26.0 Å². The summed E-state index contributed by atoms with van der Waals surface area (Å²) in [4.78, 5) is 22.9. The molecule has 0 atom stereocenters. The van der Waals surface area contributed by atoms with Gasteiger partial charge in [-0.2, -0.15) is 0 Å². The second kappa shape index (κ2) is 6.11. The summed E-state index contributed by atoms with van der Waals surface area (Å²) >= 11 is 0. The fourth-order valence-corrected chi connectivity index (χ4v) is 2.04. The second-order valence-electron chi connectivity index (χ2n) is 5.66. The number of hydrogen-bond acceptors (Lipinski definition) is 7. The van der Waals surface area contributed by atoms with Crippen LogP contribution in [0, 0.1) is 10.1 Å². The lowest BCUT2D eigenvalue weighted by molar-refractivity contribution is -0.386. The van der Waals surface area contributed by atoms with Crippen molar-refractivity contribution in [3.8, 4) is 17.5 Å². The van der Waals surface area contributed by atoms with Crippen molar-refractivity contribution in [2.75, 3.05) is 5.73 Å². The van der Waals surface area contributed by atoms with E-state index in [1.165, 1.54) is 38.1 Å². The zero-order valence-corrected chi connectivity index (χ0v) is 13.1. The SMILES string of the molecule is CC(C)(Oc1ccc(N)cc1[N+](=O)[O-])C(=O)Cn1c(O)ccc1O. The Labute approximate surface area is 137 Å². The zero-order valence-electron chi connectivity index (χ0n) is 13.1. The molecular formula is C15H17N3O6. The van der Waals surface area contributed by atoms with Crippen molar-refractivity contribution in [1.29, 1.82) is 0 Å². The second-order valence-corrected chi connectivity index (χ2v) is 5.66. The predicted octanol–water partition coefficient (Wildman–Crippen LogP) is 1.82. The average Bonchev–Trinajstić information content (AvgIpc) is 2.80. The molecule has 0 saturated heterocycles. The van der Waals surface area contributed by atoms with E-state index in [-0.39, 0.29) is 35.4 Å². The first kappa shape index (κ1) is 17.1. The molecule has 1 aromatic carbocycles. The van der Waals surface area contributed by atoms with Crippen LogP contribution in [0.15, 0.2) is 30.3 Å². The molecule has 0 aliphatic rings. The van der Waals surface area contributed by atoms with Gasteiger partial charge in [-0.05, 0) is 26.0 Å². The number of benzene rings is 1. The van der Waals surface area contributed by atoms with Gasteiger partial charge in [0.2, 0.25) is 0 Å². The van der Waals surface area contributed by atoms with Crippen LogP contribution in [0.2, 0.25) is 0 Å². The van der Waals surface area contributed by atoms with Crippen LogP contribution in [0.3, 0.4) is 0 Å². The summed E-state index contributed by atoms with van der Waals surface area (Å²) in [6.45, 7) is 2.51. The van der Waals surface area contributed by atoms with Crippen LogP contribution < -0.4 is 10.5 Å². The number of Topliss-reactive ketones (excluding diaryl/α,β-unsaturated/α-hetero) is 1. The van der Waals surface area contributed by atoms with E-state index in [2.05, 4.69) is 0 Å². The van der Waals surface area contributed by atoms with Crippen LogP contribution in [-0.2, 0) is 11.3 Å². The highest BCUT2D eigenvalue weighted by atomic mass is 16.6. The summed E-state index contributed by atoms with van der Waals surface area (Å²) in [6.07, 6.45) is 0. The number of nitrogens with two attached hydrogens (primary N) is 1. The molecule has 24 heavy (non-hydrogen) atoms. The third-order valence-corrected chi connectivity index (χ3v) is 3.45. The monoisotopic (exact) mass is 335 g/mol. The Balaban J connectivity index is 2.25. The van der Waals surface area contributed by atoms with Gasteiger partial charge in [0, 0.05) is 23.9 Å². The lowest BCUT2D eigenvalue weighted by atomic mass is 10.0. The molecule has 2 rings (SSSR count). The van der Waals surface area contributed by atoms with Gasteiger partial charge in [-0.25, -0.2) is 0 Å². The summed E-state index contributed by atoms with van der Waals surface area (Å²) in [7, 11) is 0. The van der Waals surface area contributed by atoms with E-state index < -0.39 is 16.3 Å². The molecule has 0 aliphatic heterocycles. The van der Waals surface area contributed by atoms with E-state index in [9.17, 15) is 25.1 Å². The van der Waals surface area contributed by atoms with Crippen LogP contribution in [-0.4, -0.2) is 31.1 Å². The number of aromatic hydroxyl groups is 2. The number of nitrogen functional groups attached to an aromatic ring is 1. The molecule has 0 radical (unpaired) electrons. The van der Waals surface area contributed by atoms with E-state index >= 15 is 0 Å². The summed E-state index contributed by atoms with van der Waals surface area (Å²) < 4.78 is 6.51. The van der Waals surface area contributed by atoms with E-state index in [0.717, 1.165) is 10.6 Å². The molecule has 9 nitrogen and oxygen atoms in total. The Bertz CT molecular complexity index is 777. The van der Waals surface area contributed by atoms with Crippen LogP contribution in [0.1, 0.15) is 13.8 Å². The Morgan fingerprint density at radius 1 is 1.29 bits per heavy atom. The summed E-state index contributed by atoms with van der Waals surface area (Å²) in [5.74, 6) is -1.17. The molecule has 1 aromatic heterocycles. The number of anilines is 1. The minimum absolute atomic E-state index is 0.103. The molecule has 9 heteroatoms. The Hall–Kier alpha value is -3.23. The van der Waals surface area contributed by atoms with Gasteiger partial charge in [-0.1, -0.05) is 0 Å². The van der Waals surface area contributed by atoms with Crippen molar-refractivity contribution in [2.24, 2.45) is 0 Å². The first-order chi connectivity index (χ1) is 11.1. The van der Waals surface area contributed by atoms with Gasteiger partial charge in [-0.15, -0.1) is 0 Å². The van der Waals surface area contributed by atoms with Crippen molar-refractivity contribution < 1.29 is 24.7 Å². The fraction of sp³-hybridized carbons (Fsp3) is 0.267. The van der Waals surface area contributed by atoms with Crippen LogP contribution in [0.4, 0.5) is 11.4 Å². The third-order valence-electron chi connectivity index (χ3n) is 3.45. The summed E-state index contributed by atoms with van der Waals surface area (Å²) in [6, 6.07) is 6.35. The van der Waals surface area contributed by atoms with Crippen LogP contribution >= 0.6 is 0 Å². The number of ketones is 1. The zero-order chi connectivity index (χ0) is 18.1. The number of carbonyl (C=O) groups excluding carboxylic acids is 1. The maximum atomic E-state index is 12.4. The molecule has 0 aliphatic carbocycles. The van der Waals surface area contributed by atoms with Gasteiger partial charge in [-0.3, -0.25) is 19.5 Å². The number of nitrogens with zero attached hydrogens (tertiary/aromatic N) is 2. The lowest BCUT2D eigenvalue weighted by Crippen LogP contribution is -2.40. The average molecular weight is 335 g/mol. The quantitative estimate of drug-likeness (QED) is 0.415. The first-order valence-electron chi connectivity index (χ1n) is 6.95. The van der Waals surface area contributed by atoms with Gasteiger partial charge < -0.3 is 20.7 Å². The minimum atomic E-state index is -1.44. The number of nitro benzene ring substituents is 1. The normalized spacial score (nSPS) is 11.2. The van der Waals surface area contributed by atoms with Gasteiger partial charge in [0.05, 0.1) is 11.5 Å². The molecule has 0 bridgehead atoms. The number of ether oxygens (including phenoxy) is 1. The lowest BCUT2D eigenvalue weighted by Gasteiger charge is -2.25. The number of rotatable bonds is 6. The number of carbonyl (C=O) groups is 1. The fourth-order valence-electron chi connectivity index (χ4n) is 2.04. The van der Waals surface area contributed by atoms with E-state index in [4.69, 9.17) is 10.5 Å². The Morgan fingerprint density at radius 2 is 1.88 bits per heavy atom. The summed E-state index contributed by atoms with van der Waals surface area (Å²) in [5, 5.41) is 30.3. The van der Waals surface area contributed by atoms with Gasteiger partial charge >= 0.3 is 5.69 Å². The molecule has 1 heterocycles. The van der Waals surface area contributed by atoms with Gasteiger partial charge in [0.1, 0.15) is 0 Å². The minimum Gasteiger partial charge on any atom is -0.494 e. The molecule has 0 unspecified atom stereocenters. The maximum Gasteiger partial charge on any atom is 0.313 e. The van der Waals surface area contributed by atoms with Crippen molar-refractivity contribution in [3.05, 3.63) is 40.4 Å². The van der Waals surface area contributed by atoms with Gasteiger partial charge in [0.25, 0.3) is 0 Å². The maximum absolute atomic E-state index is 12.4. The molecule has 0 spiro atoms. The highest BCUT2D eigenvalue weighted by Gasteiger charge is 2.33. The number of nitro groups is 1. The summed E-state index contributed by atoms with van der Waals surface area (Å²) in [5.41, 5.74) is 3.92. The smallest absolute Gasteiger partial charge is 0.313 e. The number of aromatic nitrogens is 1. The Kier molecular flexibility index (Phi) is 4.36. The third kappa shape index (κ3) is 3.40. The molecule has 128 valence electrons. The highest BCUT2D eigenvalue weighted by molar-refractivity contribution is 5.87. The number of hydrogen-bond donors (Lipinski definition) is 3. The van der Waals surface area contributed by atoms with Crippen molar-refractivity contribution in [1.82, 2.24) is 4.57 Å². The van der Waals surface area contributed by atoms with Crippen molar-refractivity contribution >= 4 is 17.2 Å². The highest BCUT2D eigenvalue weighted by Crippen LogP contribution is 2.32. The van der Waals surface area contributed by atoms with Crippen molar-refractivity contribution in [3.63, 3.8) is 0 Å². The molecule has 0 amide bonds. The Morgan fingerprint density at radius 3 is 2.42 bits per heavy atom. The molecule has 2 aromatic rings.